The summed E-state index contributed by atoms with van der Waals surface area (Å²) >= 11 is 0. The normalized spacial score (nSPS) is 19.5. The van der Waals surface area contributed by atoms with Crippen molar-refractivity contribution < 1.29 is 9.84 Å². The molecule has 1 saturated heterocycles. The molecule has 0 amide bonds. The smallest absolute Gasteiger partial charge is 0.0638 e. The lowest BCUT2D eigenvalue weighted by Crippen LogP contribution is -2.51. The Hall–Kier alpha value is -0.910. The van der Waals surface area contributed by atoms with Crippen molar-refractivity contribution in [1.82, 2.24) is 15.5 Å². The van der Waals surface area contributed by atoms with E-state index in [1.165, 1.54) is 5.56 Å². The van der Waals surface area contributed by atoms with Crippen LogP contribution in [0.4, 0.5) is 0 Å². The predicted octanol–water partition coefficient (Wildman–Crippen LogP) is 0.658. The molecule has 2 rings (SSSR count). The Labute approximate surface area is 102 Å². The Bertz CT molecular complexity index is 350. The highest BCUT2D eigenvalue weighted by Gasteiger charge is 2.31. The number of hydrogen-bond donors (Lipinski definition) is 3. The maximum atomic E-state index is 9.57. The summed E-state index contributed by atoms with van der Waals surface area (Å²) in [6.07, 6.45) is 1.72. The fraction of sp³-hybridized carbons (Fsp3) is 0.750. The summed E-state index contributed by atoms with van der Waals surface area (Å²) in [5, 5.41) is 20.2. The topological polar surface area (TPSA) is 70.2 Å². The van der Waals surface area contributed by atoms with Crippen molar-refractivity contribution in [2.45, 2.75) is 38.8 Å². The molecule has 5 heteroatoms. The van der Waals surface area contributed by atoms with Crippen LogP contribution in [-0.4, -0.2) is 40.7 Å². The molecule has 1 aromatic heterocycles. The van der Waals surface area contributed by atoms with Gasteiger partial charge in [0, 0.05) is 36.6 Å². The van der Waals surface area contributed by atoms with Gasteiger partial charge in [-0.25, -0.2) is 0 Å². The molecule has 0 aliphatic carbocycles. The maximum Gasteiger partial charge on any atom is 0.0638 e. The van der Waals surface area contributed by atoms with E-state index in [-0.39, 0.29) is 12.1 Å². The standard InChI is InChI=1S/C12H21N3O2/c1-9-11(10(2)15-14-9)7-13-12(8-16)3-5-17-6-4-12/h13,16H,3-8H2,1-2H3,(H,14,15). The Morgan fingerprint density at radius 1 is 1.41 bits per heavy atom. The highest BCUT2D eigenvalue weighted by Crippen LogP contribution is 2.21. The lowest BCUT2D eigenvalue weighted by Gasteiger charge is -2.36. The molecule has 1 fully saturated rings. The van der Waals surface area contributed by atoms with Crippen LogP contribution in [0.2, 0.25) is 0 Å². The lowest BCUT2D eigenvalue weighted by atomic mass is 9.90. The highest BCUT2D eigenvalue weighted by molar-refractivity contribution is 5.23. The average Bonchev–Trinajstić information content (AvgIpc) is 2.68. The zero-order valence-corrected chi connectivity index (χ0v) is 10.5. The molecule has 2 heterocycles. The first kappa shape index (κ1) is 12.5. The minimum atomic E-state index is -0.186. The number of H-pyrrole nitrogens is 1. The van der Waals surface area contributed by atoms with Gasteiger partial charge in [-0.3, -0.25) is 5.10 Å². The molecular weight excluding hydrogens is 218 g/mol. The fourth-order valence-corrected chi connectivity index (χ4v) is 2.26. The monoisotopic (exact) mass is 239 g/mol. The fourth-order valence-electron chi connectivity index (χ4n) is 2.26. The van der Waals surface area contributed by atoms with Gasteiger partial charge in [-0.1, -0.05) is 0 Å². The third-order valence-electron chi connectivity index (χ3n) is 3.67. The number of aliphatic hydroxyl groups is 1. The van der Waals surface area contributed by atoms with E-state index < -0.39 is 0 Å². The Kier molecular flexibility index (Phi) is 3.81. The molecule has 1 aliphatic heterocycles. The van der Waals surface area contributed by atoms with E-state index >= 15 is 0 Å². The van der Waals surface area contributed by atoms with Crippen molar-refractivity contribution in [3.8, 4) is 0 Å². The van der Waals surface area contributed by atoms with Crippen LogP contribution in [0.3, 0.4) is 0 Å². The first-order valence-corrected chi connectivity index (χ1v) is 6.11. The SMILES string of the molecule is Cc1n[nH]c(C)c1CNC1(CO)CCOCC1. The molecule has 0 unspecified atom stereocenters. The largest absolute Gasteiger partial charge is 0.394 e. The Balaban J connectivity index is 2.00. The van der Waals surface area contributed by atoms with Gasteiger partial charge in [0.15, 0.2) is 0 Å². The van der Waals surface area contributed by atoms with Crippen molar-refractivity contribution in [3.05, 3.63) is 17.0 Å². The Morgan fingerprint density at radius 3 is 2.65 bits per heavy atom. The highest BCUT2D eigenvalue weighted by atomic mass is 16.5. The zero-order valence-electron chi connectivity index (χ0n) is 10.5. The number of nitrogens with one attached hydrogen (secondary N) is 2. The van der Waals surface area contributed by atoms with E-state index in [0.29, 0.717) is 0 Å². The van der Waals surface area contributed by atoms with E-state index in [2.05, 4.69) is 15.5 Å². The van der Waals surface area contributed by atoms with Crippen LogP contribution < -0.4 is 5.32 Å². The number of rotatable bonds is 4. The number of aromatic amines is 1. The van der Waals surface area contributed by atoms with Crippen LogP contribution in [0, 0.1) is 13.8 Å². The number of nitrogens with zero attached hydrogens (tertiary/aromatic N) is 1. The molecule has 1 aromatic rings. The van der Waals surface area contributed by atoms with Crippen molar-refractivity contribution >= 4 is 0 Å². The van der Waals surface area contributed by atoms with Crippen LogP contribution in [-0.2, 0) is 11.3 Å². The first-order valence-electron chi connectivity index (χ1n) is 6.11. The molecule has 0 atom stereocenters. The molecule has 1 aliphatic rings. The van der Waals surface area contributed by atoms with Crippen molar-refractivity contribution in [3.63, 3.8) is 0 Å². The quantitative estimate of drug-likeness (QED) is 0.722. The lowest BCUT2D eigenvalue weighted by molar-refractivity contribution is 0.0111. The van der Waals surface area contributed by atoms with Crippen molar-refractivity contribution in [2.75, 3.05) is 19.8 Å². The first-order chi connectivity index (χ1) is 8.17. The molecule has 96 valence electrons. The zero-order chi connectivity index (χ0) is 12.3. The molecule has 0 bridgehead atoms. The van der Waals surface area contributed by atoms with Crippen LogP contribution in [0.5, 0.6) is 0 Å². The number of hydrogen-bond acceptors (Lipinski definition) is 4. The summed E-state index contributed by atoms with van der Waals surface area (Å²) in [5.41, 5.74) is 3.13. The molecule has 0 aromatic carbocycles. The van der Waals surface area contributed by atoms with Crippen molar-refractivity contribution in [2.24, 2.45) is 0 Å². The summed E-state index contributed by atoms with van der Waals surface area (Å²) in [6, 6.07) is 0. The summed E-state index contributed by atoms with van der Waals surface area (Å²) in [7, 11) is 0. The van der Waals surface area contributed by atoms with Gasteiger partial charge in [0.2, 0.25) is 0 Å². The molecule has 0 spiro atoms. The second-order valence-electron chi connectivity index (χ2n) is 4.82. The second-order valence-corrected chi connectivity index (χ2v) is 4.82. The third kappa shape index (κ3) is 2.68. The van der Waals surface area contributed by atoms with Gasteiger partial charge in [0.25, 0.3) is 0 Å². The summed E-state index contributed by atoms with van der Waals surface area (Å²) in [4.78, 5) is 0. The minimum Gasteiger partial charge on any atom is -0.394 e. The van der Waals surface area contributed by atoms with Gasteiger partial charge in [-0.2, -0.15) is 5.10 Å². The van der Waals surface area contributed by atoms with Crippen LogP contribution in [0.1, 0.15) is 29.8 Å². The van der Waals surface area contributed by atoms with Gasteiger partial charge in [-0.05, 0) is 26.7 Å². The molecule has 5 nitrogen and oxygen atoms in total. The van der Waals surface area contributed by atoms with Crippen LogP contribution >= 0.6 is 0 Å². The van der Waals surface area contributed by atoms with E-state index in [9.17, 15) is 5.11 Å². The second kappa shape index (κ2) is 5.16. The van der Waals surface area contributed by atoms with E-state index in [1.807, 2.05) is 13.8 Å². The third-order valence-corrected chi connectivity index (χ3v) is 3.67. The number of ether oxygens (including phenoxy) is 1. The summed E-state index contributed by atoms with van der Waals surface area (Å²) < 4.78 is 5.34. The summed E-state index contributed by atoms with van der Waals surface area (Å²) in [6.45, 7) is 6.36. The van der Waals surface area contributed by atoms with Gasteiger partial charge in [-0.15, -0.1) is 0 Å². The number of aliphatic hydroxyl groups excluding tert-OH is 1. The summed E-state index contributed by atoms with van der Waals surface area (Å²) in [5.74, 6) is 0. The van der Waals surface area contributed by atoms with Crippen LogP contribution in [0.25, 0.3) is 0 Å². The Morgan fingerprint density at radius 2 is 2.12 bits per heavy atom. The van der Waals surface area contributed by atoms with Crippen LogP contribution in [0.15, 0.2) is 0 Å². The molecule has 0 radical (unpaired) electrons. The van der Waals surface area contributed by atoms with E-state index in [1.54, 1.807) is 0 Å². The minimum absolute atomic E-state index is 0.159. The van der Waals surface area contributed by atoms with Gasteiger partial charge < -0.3 is 15.2 Å². The van der Waals surface area contributed by atoms with Gasteiger partial charge >= 0.3 is 0 Å². The molecular formula is C12H21N3O2. The van der Waals surface area contributed by atoms with Gasteiger partial charge in [0.1, 0.15) is 0 Å². The molecule has 3 N–H and O–H groups in total. The van der Waals surface area contributed by atoms with Crippen molar-refractivity contribution in [1.29, 1.82) is 0 Å². The predicted molar refractivity (Wildman–Crippen MR) is 64.8 cm³/mol. The average molecular weight is 239 g/mol. The number of aryl methyl sites for hydroxylation is 2. The van der Waals surface area contributed by atoms with E-state index in [0.717, 1.165) is 44.0 Å². The van der Waals surface area contributed by atoms with E-state index in [4.69, 9.17) is 4.74 Å². The molecule has 0 saturated carbocycles. The molecule has 17 heavy (non-hydrogen) atoms. The van der Waals surface area contributed by atoms with Gasteiger partial charge in [0.05, 0.1) is 12.3 Å². The maximum absolute atomic E-state index is 9.57. The number of aromatic nitrogens is 2.